The number of rotatable bonds is 8. The number of primary amides is 1. The predicted molar refractivity (Wildman–Crippen MR) is 128 cm³/mol. The number of aromatic nitrogens is 1. The second-order valence-corrected chi connectivity index (χ2v) is 9.07. The zero-order valence-corrected chi connectivity index (χ0v) is 18.7. The van der Waals surface area contributed by atoms with Crippen LogP contribution in [-0.2, 0) is 17.8 Å². The summed E-state index contributed by atoms with van der Waals surface area (Å²) in [6, 6.07) is 6.61. The van der Waals surface area contributed by atoms with E-state index in [1.54, 1.807) is 6.07 Å². The molecule has 1 unspecified atom stereocenters. The van der Waals surface area contributed by atoms with Crippen LogP contribution in [0.3, 0.4) is 0 Å². The Labute approximate surface area is 224 Å². The molecule has 6 nitrogen and oxygen atoms in total. The van der Waals surface area contributed by atoms with E-state index >= 15 is 4.39 Å². The van der Waals surface area contributed by atoms with Crippen molar-refractivity contribution in [2.24, 2.45) is 5.73 Å². The first-order chi connectivity index (χ1) is 16.2. The average Bonchev–Trinajstić information content (AvgIpc) is 3.62. The van der Waals surface area contributed by atoms with E-state index in [0.29, 0.717) is 5.92 Å². The van der Waals surface area contributed by atoms with Gasteiger partial charge in [0.05, 0.1) is 28.3 Å². The number of hydrogen-bond donors (Lipinski definition) is 3. The van der Waals surface area contributed by atoms with Crippen molar-refractivity contribution in [2.45, 2.75) is 25.2 Å². The third-order valence-corrected chi connectivity index (χ3v) is 5.92. The molecule has 1 fully saturated rings. The van der Waals surface area contributed by atoms with Crippen LogP contribution in [-0.4, -0.2) is 51.3 Å². The first-order valence-corrected chi connectivity index (χ1v) is 11.8. The number of benzene rings is 2. The minimum absolute atomic E-state index is 0. The summed E-state index contributed by atoms with van der Waals surface area (Å²) in [5, 5.41) is 2.43. The number of halogens is 4. The van der Waals surface area contributed by atoms with Crippen LogP contribution in [0.25, 0.3) is 0 Å². The van der Waals surface area contributed by atoms with E-state index in [0.717, 1.165) is 24.5 Å². The molecule has 4 rings (SSSR count). The van der Waals surface area contributed by atoms with E-state index < -0.39 is 58.2 Å². The molecule has 1 atom stereocenters. The van der Waals surface area contributed by atoms with Gasteiger partial charge in [-0.25, -0.2) is 22.5 Å². The Hall–Kier alpha value is -2.31. The van der Waals surface area contributed by atoms with Crippen molar-refractivity contribution >= 4 is 64.0 Å². The van der Waals surface area contributed by atoms with E-state index in [1.165, 1.54) is 30.7 Å². The Morgan fingerprint density at radius 3 is 2.43 bits per heavy atom. The van der Waals surface area contributed by atoms with E-state index in [1.807, 2.05) is 0 Å². The van der Waals surface area contributed by atoms with Crippen LogP contribution in [0.15, 0.2) is 36.5 Å². The van der Waals surface area contributed by atoms with Crippen molar-refractivity contribution in [3.63, 3.8) is 0 Å². The molecule has 12 heteroatoms. The minimum atomic E-state index is -1.61. The molecule has 0 radical (unpaired) electrons. The Morgan fingerprint density at radius 2 is 1.83 bits per heavy atom. The zero-order chi connectivity index (χ0) is 24.6. The topological polar surface area (TPSA) is 103 Å². The van der Waals surface area contributed by atoms with Crippen molar-refractivity contribution in [3.8, 4) is 0 Å². The Bertz CT molecular complexity index is 1270. The van der Waals surface area contributed by atoms with E-state index in [2.05, 4.69) is 15.0 Å². The number of amides is 1. The summed E-state index contributed by atoms with van der Waals surface area (Å²) in [6.45, 7) is 0. The first-order valence-electron chi connectivity index (χ1n) is 10.3. The second kappa shape index (κ2) is 11.2. The molecule has 0 aliphatic heterocycles. The van der Waals surface area contributed by atoms with Gasteiger partial charge < -0.3 is 15.6 Å². The molecule has 1 aromatic heterocycles. The molecule has 0 bridgehead atoms. The molecule has 2 aromatic carbocycles. The van der Waals surface area contributed by atoms with Crippen molar-refractivity contribution in [2.75, 3.05) is 16.3 Å². The maximum absolute atomic E-state index is 15.0. The molecule has 4 N–H and O–H groups in total. The molecule has 1 aliphatic rings. The average molecular weight is 516 g/mol. The monoisotopic (exact) mass is 516 g/mol. The number of hydrogen-bond acceptors (Lipinski definition) is 5. The normalized spacial score (nSPS) is 13.7. The van der Waals surface area contributed by atoms with E-state index in [9.17, 15) is 22.5 Å². The molecule has 1 saturated carbocycles. The van der Waals surface area contributed by atoms with Crippen LogP contribution in [0, 0.1) is 23.3 Å². The van der Waals surface area contributed by atoms with E-state index in [4.69, 9.17) is 5.73 Å². The summed E-state index contributed by atoms with van der Waals surface area (Å²) in [5.74, 6) is -5.52. The molecular formula is C23H21F4N4NaO2S. The fourth-order valence-corrected chi connectivity index (χ4v) is 4.01. The van der Waals surface area contributed by atoms with Crippen molar-refractivity contribution in [3.05, 3.63) is 82.1 Å². The quantitative estimate of drug-likeness (QED) is 0.239. The van der Waals surface area contributed by atoms with Crippen LogP contribution < -0.4 is 15.8 Å². The van der Waals surface area contributed by atoms with Gasteiger partial charge in [0.2, 0.25) is 5.82 Å². The summed E-state index contributed by atoms with van der Waals surface area (Å²) in [6.07, 6.45) is 3.96. The Kier molecular flexibility index (Phi) is 8.71. The third-order valence-electron chi connectivity index (χ3n) is 5.44. The van der Waals surface area contributed by atoms with Crippen LogP contribution in [0.1, 0.15) is 45.8 Å². The molecule has 1 heterocycles. The molecule has 180 valence electrons. The number of nitrogens with zero attached hydrogens (tertiary/aromatic N) is 1. The van der Waals surface area contributed by atoms with Gasteiger partial charge in [-0.15, -0.1) is 0 Å². The fraction of sp³-hybridized carbons (Fsp3) is 0.217. The first kappa shape index (κ1) is 27.3. The summed E-state index contributed by atoms with van der Waals surface area (Å²) >= 11 is -1.61. The number of nitrogens with two attached hydrogens (primary N) is 1. The molecule has 0 saturated heterocycles. The van der Waals surface area contributed by atoms with Gasteiger partial charge in [0, 0.05) is 12.6 Å². The third kappa shape index (κ3) is 6.10. The Balaban J connectivity index is 0.00000342. The van der Waals surface area contributed by atoms with Gasteiger partial charge in [-0.2, -0.15) is 4.72 Å². The van der Waals surface area contributed by atoms with Crippen molar-refractivity contribution < 1.29 is 26.9 Å². The van der Waals surface area contributed by atoms with E-state index in [-0.39, 0.29) is 52.2 Å². The standard InChI is InChI=1S/C23H20F4N4O2S.Na.H/c1-34(33)31-23-19(26)13(6-7-29-23)8-14-9-15(22(28)32)21(20(27)18(14)25)30-17-5-4-12(10-16(17)24)11-2-3-11;;/h4-7,9-11,30H,2-3,8H2,1H3,(H2,28,32)(H,29,31);;. The molecule has 0 spiro atoms. The summed E-state index contributed by atoms with van der Waals surface area (Å²) in [5.41, 5.74) is 4.55. The second-order valence-electron chi connectivity index (χ2n) is 7.95. The van der Waals surface area contributed by atoms with Gasteiger partial charge in [0.15, 0.2) is 17.5 Å². The fourth-order valence-electron chi connectivity index (χ4n) is 3.59. The van der Waals surface area contributed by atoms with Crippen LogP contribution in [0.5, 0.6) is 0 Å². The number of carbonyl (C=O) groups is 1. The summed E-state index contributed by atoms with van der Waals surface area (Å²) in [4.78, 5) is 15.8. The number of carbonyl (C=O) groups excluding carboxylic acids is 1. The van der Waals surface area contributed by atoms with Crippen molar-refractivity contribution in [1.29, 1.82) is 0 Å². The molecular weight excluding hydrogens is 495 g/mol. The number of nitrogens with one attached hydrogen (secondary N) is 2. The number of anilines is 3. The van der Waals surface area contributed by atoms with Gasteiger partial charge in [-0.05, 0) is 59.7 Å². The van der Waals surface area contributed by atoms with Crippen LogP contribution in [0.4, 0.5) is 34.8 Å². The van der Waals surface area contributed by atoms with Gasteiger partial charge in [-0.1, -0.05) is 6.07 Å². The maximum atomic E-state index is 15.0. The zero-order valence-electron chi connectivity index (χ0n) is 17.9. The van der Waals surface area contributed by atoms with Gasteiger partial charge in [-0.3, -0.25) is 4.79 Å². The predicted octanol–water partition coefficient (Wildman–Crippen LogP) is 4.01. The SMILES string of the molecule is C[S+]([O-])Nc1nccc(Cc2cc(C(N)=O)c(Nc3ccc(C4CC4)cc3F)c(F)c2F)c1F.[NaH]. The molecule has 1 aliphatic carbocycles. The molecule has 3 aromatic rings. The summed E-state index contributed by atoms with van der Waals surface area (Å²) in [7, 11) is 0. The van der Waals surface area contributed by atoms with Crippen LogP contribution in [0.2, 0.25) is 0 Å². The summed E-state index contributed by atoms with van der Waals surface area (Å²) < 4.78 is 72.9. The van der Waals surface area contributed by atoms with Crippen LogP contribution >= 0.6 is 0 Å². The van der Waals surface area contributed by atoms with Gasteiger partial charge in [0.25, 0.3) is 5.91 Å². The molecule has 35 heavy (non-hydrogen) atoms. The van der Waals surface area contributed by atoms with Crippen molar-refractivity contribution in [1.82, 2.24) is 4.98 Å². The van der Waals surface area contributed by atoms with Gasteiger partial charge in [0.1, 0.15) is 12.1 Å². The van der Waals surface area contributed by atoms with Gasteiger partial charge >= 0.3 is 29.6 Å². The number of pyridine rings is 1. The molecule has 1 amide bonds. The Morgan fingerprint density at radius 1 is 1.11 bits per heavy atom.